The number of amides is 2. The Hall–Kier alpha value is -1.06. The Balaban J connectivity index is 2.79. The molecule has 0 aromatic carbocycles. The predicted octanol–water partition coefficient (Wildman–Crippen LogP) is 2.72. The first-order valence-electron chi connectivity index (χ1n) is 8.06. The van der Waals surface area contributed by atoms with Gasteiger partial charge in [0.25, 0.3) is 0 Å². The van der Waals surface area contributed by atoms with E-state index in [0.717, 1.165) is 19.3 Å². The van der Waals surface area contributed by atoms with Crippen molar-refractivity contribution < 1.29 is 9.59 Å². The number of nitrogens with zero attached hydrogens (tertiary/aromatic N) is 1. The summed E-state index contributed by atoms with van der Waals surface area (Å²) in [6, 6.07) is -0.557. The van der Waals surface area contributed by atoms with Gasteiger partial charge in [-0.3, -0.25) is 9.59 Å². The van der Waals surface area contributed by atoms with Gasteiger partial charge in [-0.15, -0.1) is 0 Å². The van der Waals surface area contributed by atoms with Gasteiger partial charge in [0.15, 0.2) is 0 Å². The molecule has 0 bridgehead atoms. The average molecular weight is 282 g/mol. The third kappa shape index (κ3) is 3.74. The molecule has 1 aliphatic rings. The van der Waals surface area contributed by atoms with E-state index in [9.17, 15) is 9.59 Å². The first-order valence-corrected chi connectivity index (χ1v) is 8.06. The first kappa shape index (κ1) is 17.0. The van der Waals surface area contributed by atoms with Crippen LogP contribution in [0.4, 0.5) is 0 Å². The third-order valence-corrected chi connectivity index (χ3v) is 4.53. The first-order chi connectivity index (χ1) is 9.43. The highest BCUT2D eigenvalue weighted by atomic mass is 16.2. The van der Waals surface area contributed by atoms with Crippen molar-refractivity contribution in [3.63, 3.8) is 0 Å². The molecule has 1 N–H and O–H groups in total. The summed E-state index contributed by atoms with van der Waals surface area (Å²) in [5.41, 5.74) is 0. The van der Waals surface area contributed by atoms with Crippen LogP contribution < -0.4 is 5.32 Å². The Morgan fingerprint density at radius 2 is 1.85 bits per heavy atom. The van der Waals surface area contributed by atoms with Crippen LogP contribution in [-0.4, -0.2) is 34.8 Å². The lowest BCUT2D eigenvalue weighted by atomic mass is 9.93. The van der Waals surface area contributed by atoms with Crippen LogP contribution in [0.15, 0.2) is 0 Å². The van der Waals surface area contributed by atoms with E-state index in [4.69, 9.17) is 0 Å². The third-order valence-electron chi connectivity index (χ3n) is 4.53. The van der Waals surface area contributed by atoms with E-state index in [1.165, 1.54) is 12.8 Å². The van der Waals surface area contributed by atoms with E-state index < -0.39 is 0 Å². The second kappa shape index (κ2) is 7.65. The number of hydrogen-bond acceptors (Lipinski definition) is 2. The average Bonchev–Trinajstić information content (AvgIpc) is 2.42. The van der Waals surface area contributed by atoms with Crippen LogP contribution >= 0.6 is 0 Å². The fourth-order valence-corrected chi connectivity index (χ4v) is 2.86. The van der Waals surface area contributed by atoms with Crippen molar-refractivity contribution >= 4 is 11.8 Å². The van der Waals surface area contributed by atoms with Crippen LogP contribution in [0.3, 0.4) is 0 Å². The highest BCUT2D eigenvalue weighted by Gasteiger charge is 2.41. The predicted molar refractivity (Wildman–Crippen MR) is 81.3 cm³/mol. The Bertz CT molecular complexity index is 343. The zero-order chi connectivity index (χ0) is 15.3. The minimum Gasteiger partial charge on any atom is -0.342 e. The topological polar surface area (TPSA) is 49.4 Å². The normalized spacial score (nSPS) is 26.4. The summed E-state index contributed by atoms with van der Waals surface area (Å²) in [7, 11) is 0. The Labute approximate surface area is 123 Å². The summed E-state index contributed by atoms with van der Waals surface area (Å²) >= 11 is 0. The standard InChI is InChI=1S/C16H30N2O2/c1-6-8-9-10-12(4)18-13(5)15(19)17-14(16(18)20)11(3)7-2/h11-14H,6-10H2,1-5H3,(H,17,19). The molecule has 0 saturated carbocycles. The maximum atomic E-state index is 12.7. The maximum Gasteiger partial charge on any atom is 0.246 e. The SMILES string of the molecule is CCCCCC(C)N1C(=O)C(C(C)CC)NC(=O)C1C. The van der Waals surface area contributed by atoms with Crippen LogP contribution in [0.25, 0.3) is 0 Å². The number of nitrogens with one attached hydrogen (secondary N) is 1. The monoisotopic (exact) mass is 282 g/mol. The van der Waals surface area contributed by atoms with E-state index >= 15 is 0 Å². The molecular formula is C16H30N2O2. The van der Waals surface area contributed by atoms with Gasteiger partial charge >= 0.3 is 0 Å². The van der Waals surface area contributed by atoms with Gasteiger partial charge in [0.2, 0.25) is 11.8 Å². The van der Waals surface area contributed by atoms with E-state index in [2.05, 4.69) is 26.1 Å². The number of unbranched alkanes of at least 4 members (excludes halogenated alkanes) is 2. The summed E-state index contributed by atoms with van der Waals surface area (Å²) in [5.74, 6) is 0.261. The summed E-state index contributed by atoms with van der Waals surface area (Å²) < 4.78 is 0. The van der Waals surface area contributed by atoms with E-state index in [1.807, 2.05) is 18.7 Å². The van der Waals surface area contributed by atoms with Crippen LogP contribution in [0.2, 0.25) is 0 Å². The molecule has 1 heterocycles. The van der Waals surface area contributed by atoms with Gasteiger partial charge in [-0.2, -0.15) is 0 Å². The van der Waals surface area contributed by atoms with Crippen LogP contribution in [0, 0.1) is 5.92 Å². The number of hydrogen-bond donors (Lipinski definition) is 1. The van der Waals surface area contributed by atoms with Crippen LogP contribution in [-0.2, 0) is 9.59 Å². The fraction of sp³-hybridized carbons (Fsp3) is 0.875. The van der Waals surface area contributed by atoms with Crippen molar-refractivity contribution in [2.24, 2.45) is 5.92 Å². The minimum absolute atomic E-state index is 0.0164. The number of carbonyl (C=O) groups excluding carboxylic acids is 2. The minimum atomic E-state index is -0.350. The second-order valence-corrected chi connectivity index (χ2v) is 6.14. The molecule has 1 fully saturated rings. The zero-order valence-electron chi connectivity index (χ0n) is 13.6. The van der Waals surface area contributed by atoms with Gasteiger partial charge in [-0.1, -0.05) is 46.5 Å². The molecule has 1 aliphatic heterocycles. The Morgan fingerprint density at radius 1 is 1.20 bits per heavy atom. The number of carbonyl (C=O) groups is 2. The molecule has 4 atom stereocenters. The van der Waals surface area contributed by atoms with Crippen molar-refractivity contribution in [1.82, 2.24) is 10.2 Å². The van der Waals surface area contributed by atoms with Crippen LogP contribution in [0.1, 0.15) is 66.7 Å². The summed E-state index contributed by atoms with van der Waals surface area (Å²) in [5, 5.41) is 2.89. The lowest BCUT2D eigenvalue weighted by Crippen LogP contribution is -2.65. The van der Waals surface area contributed by atoms with Gasteiger partial charge in [-0.25, -0.2) is 0 Å². The lowest BCUT2D eigenvalue weighted by Gasteiger charge is -2.42. The molecule has 20 heavy (non-hydrogen) atoms. The zero-order valence-corrected chi connectivity index (χ0v) is 13.6. The summed E-state index contributed by atoms with van der Waals surface area (Å²) in [4.78, 5) is 26.6. The Morgan fingerprint density at radius 3 is 2.40 bits per heavy atom. The molecular weight excluding hydrogens is 252 g/mol. The van der Waals surface area contributed by atoms with Crippen molar-refractivity contribution in [2.75, 3.05) is 0 Å². The van der Waals surface area contributed by atoms with E-state index in [-0.39, 0.29) is 35.9 Å². The van der Waals surface area contributed by atoms with Crippen molar-refractivity contribution in [3.8, 4) is 0 Å². The molecule has 4 heteroatoms. The molecule has 0 aromatic heterocycles. The van der Waals surface area contributed by atoms with Gasteiger partial charge in [0.05, 0.1) is 0 Å². The van der Waals surface area contributed by atoms with Crippen molar-refractivity contribution in [2.45, 2.75) is 84.8 Å². The molecule has 0 spiro atoms. The van der Waals surface area contributed by atoms with E-state index in [1.54, 1.807) is 0 Å². The lowest BCUT2D eigenvalue weighted by molar-refractivity contribution is -0.152. The maximum absolute atomic E-state index is 12.7. The van der Waals surface area contributed by atoms with Crippen molar-refractivity contribution in [1.29, 1.82) is 0 Å². The fourth-order valence-electron chi connectivity index (χ4n) is 2.86. The largest absolute Gasteiger partial charge is 0.342 e. The van der Waals surface area contributed by atoms with Gasteiger partial charge in [0.1, 0.15) is 12.1 Å². The summed E-state index contributed by atoms with van der Waals surface area (Å²) in [6.45, 7) is 10.1. The number of piperazine rings is 1. The summed E-state index contributed by atoms with van der Waals surface area (Å²) in [6.07, 6.45) is 5.34. The number of rotatable bonds is 7. The Kier molecular flexibility index (Phi) is 6.50. The highest BCUT2D eigenvalue weighted by molar-refractivity contribution is 5.97. The molecule has 0 aromatic rings. The van der Waals surface area contributed by atoms with E-state index in [0.29, 0.717) is 0 Å². The molecule has 116 valence electrons. The second-order valence-electron chi connectivity index (χ2n) is 6.14. The molecule has 1 saturated heterocycles. The van der Waals surface area contributed by atoms with Gasteiger partial charge < -0.3 is 10.2 Å². The van der Waals surface area contributed by atoms with Gasteiger partial charge in [-0.05, 0) is 26.2 Å². The smallest absolute Gasteiger partial charge is 0.246 e. The highest BCUT2D eigenvalue weighted by Crippen LogP contribution is 2.22. The van der Waals surface area contributed by atoms with Crippen LogP contribution in [0.5, 0.6) is 0 Å². The molecule has 0 aliphatic carbocycles. The molecule has 4 nitrogen and oxygen atoms in total. The van der Waals surface area contributed by atoms with Gasteiger partial charge in [0, 0.05) is 6.04 Å². The molecule has 0 radical (unpaired) electrons. The van der Waals surface area contributed by atoms with Crippen molar-refractivity contribution in [3.05, 3.63) is 0 Å². The quantitative estimate of drug-likeness (QED) is 0.730. The molecule has 1 rings (SSSR count). The molecule has 2 amide bonds. The molecule has 4 unspecified atom stereocenters.